The highest BCUT2D eigenvalue weighted by Gasteiger charge is 2.19. The van der Waals surface area contributed by atoms with Crippen LogP contribution in [0.3, 0.4) is 0 Å². The number of benzene rings is 1. The molecule has 0 saturated heterocycles. The summed E-state index contributed by atoms with van der Waals surface area (Å²) in [5.41, 5.74) is 2.18. The van der Waals surface area contributed by atoms with Crippen LogP contribution in [0.15, 0.2) is 34.7 Å². The molecule has 1 amide bonds. The molecule has 0 aliphatic heterocycles. The number of aliphatic hydroxyl groups excluding tert-OH is 1. The molecule has 1 aromatic heterocycles. The summed E-state index contributed by atoms with van der Waals surface area (Å²) in [6, 6.07) is 9.25. The van der Waals surface area contributed by atoms with Crippen LogP contribution in [-0.4, -0.2) is 17.6 Å². The van der Waals surface area contributed by atoms with Crippen LogP contribution in [0, 0.1) is 20.8 Å². The minimum atomic E-state index is -0.714. The molecule has 2 rings (SSSR count). The SMILES string of the molecule is Cc1oc(C)c(C(=O)NCC(O)c2ccccc2)c1C. The molecule has 4 nitrogen and oxygen atoms in total. The third-order valence-electron chi connectivity index (χ3n) is 3.43. The molecule has 106 valence electrons. The number of aryl methyl sites for hydroxylation is 2. The number of furan rings is 1. The van der Waals surface area contributed by atoms with Gasteiger partial charge in [-0.3, -0.25) is 4.79 Å². The van der Waals surface area contributed by atoms with Gasteiger partial charge >= 0.3 is 0 Å². The summed E-state index contributed by atoms with van der Waals surface area (Å²) < 4.78 is 5.43. The van der Waals surface area contributed by atoms with Gasteiger partial charge in [0.1, 0.15) is 11.5 Å². The van der Waals surface area contributed by atoms with Crippen molar-refractivity contribution < 1.29 is 14.3 Å². The minimum absolute atomic E-state index is 0.173. The number of carbonyl (C=O) groups excluding carboxylic acids is 1. The van der Waals surface area contributed by atoms with Crippen molar-refractivity contribution >= 4 is 5.91 Å². The quantitative estimate of drug-likeness (QED) is 0.900. The molecule has 0 aliphatic rings. The van der Waals surface area contributed by atoms with Crippen molar-refractivity contribution in [1.82, 2.24) is 5.32 Å². The largest absolute Gasteiger partial charge is 0.466 e. The van der Waals surface area contributed by atoms with Gasteiger partial charge in [0.25, 0.3) is 5.91 Å². The van der Waals surface area contributed by atoms with Gasteiger partial charge in [-0.1, -0.05) is 30.3 Å². The van der Waals surface area contributed by atoms with Crippen molar-refractivity contribution in [2.24, 2.45) is 0 Å². The summed E-state index contributed by atoms with van der Waals surface area (Å²) in [7, 11) is 0. The molecule has 0 fully saturated rings. The average molecular weight is 273 g/mol. The molecule has 1 heterocycles. The lowest BCUT2D eigenvalue weighted by atomic mass is 10.1. The standard InChI is InChI=1S/C16H19NO3/c1-10-11(2)20-12(3)15(10)16(19)17-9-14(18)13-7-5-4-6-8-13/h4-8,14,18H,9H2,1-3H3,(H,17,19). The Balaban J connectivity index is 2.02. The smallest absolute Gasteiger partial charge is 0.255 e. The van der Waals surface area contributed by atoms with Gasteiger partial charge in [-0.2, -0.15) is 0 Å². The number of hydrogen-bond acceptors (Lipinski definition) is 3. The lowest BCUT2D eigenvalue weighted by Gasteiger charge is -2.12. The molecule has 2 aromatic rings. The normalized spacial score (nSPS) is 12.2. The summed E-state index contributed by atoms with van der Waals surface area (Å²) in [4.78, 5) is 12.2. The van der Waals surface area contributed by atoms with Crippen LogP contribution in [0.1, 0.15) is 39.1 Å². The Morgan fingerprint density at radius 1 is 1.20 bits per heavy atom. The Kier molecular flexibility index (Phi) is 4.25. The Hall–Kier alpha value is -2.07. The summed E-state index contributed by atoms with van der Waals surface area (Å²) in [6.07, 6.45) is -0.714. The lowest BCUT2D eigenvalue weighted by Crippen LogP contribution is -2.29. The third kappa shape index (κ3) is 2.91. The molecule has 0 spiro atoms. The van der Waals surface area contributed by atoms with E-state index in [0.717, 1.165) is 16.9 Å². The van der Waals surface area contributed by atoms with E-state index in [1.807, 2.05) is 44.2 Å². The average Bonchev–Trinajstić information content (AvgIpc) is 2.70. The molecule has 0 aliphatic carbocycles. The minimum Gasteiger partial charge on any atom is -0.466 e. The van der Waals surface area contributed by atoms with Crippen molar-refractivity contribution in [3.8, 4) is 0 Å². The van der Waals surface area contributed by atoms with E-state index in [1.54, 1.807) is 6.92 Å². The van der Waals surface area contributed by atoms with Gasteiger partial charge in [-0.15, -0.1) is 0 Å². The second-order valence-electron chi connectivity index (χ2n) is 4.85. The first-order valence-corrected chi connectivity index (χ1v) is 6.58. The molecule has 0 bridgehead atoms. The highest BCUT2D eigenvalue weighted by atomic mass is 16.3. The molecule has 0 saturated carbocycles. The van der Waals surface area contributed by atoms with E-state index in [-0.39, 0.29) is 12.5 Å². The van der Waals surface area contributed by atoms with Crippen LogP contribution in [0.25, 0.3) is 0 Å². The van der Waals surface area contributed by atoms with Gasteiger partial charge in [0.2, 0.25) is 0 Å². The Labute approximate surface area is 118 Å². The first-order valence-electron chi connectivity index (χ1n) is 6.58. The maximum Gasteiger partial charge on any atom is 0.255 e. The number of amides is 1. The van der Waals surface area contributed by atoms with Crippen molar-refractivity contribution in [3.05, 3.63) is 58.5 Å². The number of carbonyl (C=O) groups is 1. The van der Waals surface area contributed by atoms with Crippen LogP contribution in [0.4, 0.5) is 0 Å². The molecular formula is C16H19NO3. The Morgan fingerprint density at radius 2 is 1.85 bits per heavy atom. The first-order chi connectivity index (χ1) is 9.50. The van der Waals surface area contributed by atoms with Crippen LogP contribution in [0.2, 0.25) is 0 Å². The van der Waals surface area contributed by atoms with Gasteiger partial charge in [0.05, 0.1) is 11.7 Å². The maximum absolute atomic E-state index is 12.2. The van der Waals surface area contributed by atoms with Crippen LogP contribution in [0.5, 0.6) is 0 Å². The second kappa shape index (κ2) is 5.92. The van der Waals surface area contributed by atoms with E-state index in [2.05, 4.69) is 5.32 Å². The van der Waals surface area contributed by atoms with E-state index >= 15 is 0 Å². The number of hydrogen-bond donors (Lipinski definition) is 2. The predicted molar refractivity (Wildman–Crippen MR) is 76.7 cm³/mol. The molecule has 0 radical (unpaired) electrons. The molecule has 1 aromatic carbocycles. The Morgan fingerprint density at radius 3 is 2.40 bits per heavy atom. The van der Waals surface area contributed by atoms with E-state index in [9.17, 15) is 9.90 Å². The summed E-state index contributed by atoms with van der Waals surface area (Å²) in [5, 5.41) is 12.8. The highest BCUT2D eigenvalue weighted by Crippen LogP contribution is 2.20. The zero-order valence-corrected chi connectivity index (χ0v) is 11.9. The first kappa shape index (κ1) is 14.3. The van der Waals surface area contributed by atoms with E-state index in [0.29, 0.717) is 11.3 Å². The molecular weight excluding hydrogens is 254 g/mol. The highest BCUT2D eigenvalue weighted by molar-refractivity contribution is 5.96. The van der Waals surface area contributed by atoms with Gasteiger partial charge in [-0.05, 0) is 26.3 Å². The van der Waals surface area contributed by atoms with Gasteiger partial charge < -0.3 is 14.8 Å². The Bertz CT molecular complexity index is 602. The number of rotatable bonds is 4. The lowest BCUT2D eigenvalue weighted by molar-refractivity contribution is 0.0914. The maximum atomic E-state index is 12.2. The van der Waals surface area contributed by atoms with E-state index < -0.39 is 6.10 Å². The van der Waals surface area contributed by atoms with Crippen molar-refractivity contribution in [1.29, 1.82) is 0 Å². The van der Waals surface area contributed by atoms with Gasteiger partial charge in [0, 0.05) is 12.1 Å². The van der Waals surface area contributed by atoms with Crippen molar-refractivity contribution in [2.75, 3.05) is 6.54 Å². The fourth-order valence-electron chi connectivity index (χ4n) is 2.20. The van der Waals surface area contributed by atoms with E-state index in [4.69, 9.17) is 4.42 Å². The zero-order chi connectivity index (χ0) is 14.7. The predicted octanol–water partition coefficient (Wildman–Crippen LogP) is 2.67. The van der Waals surface area contributed by atoms with Crippen LogP contribution < -0.4 is 5.32 Å². The van der Waals surface area contributed by atoms with Crippen LogP contribution >= 0.6 is 0 Å². The summed E-state index contributed by atoms with van der Waals surface area (Å²) in [6.45, 7) is 5.63. The van der Waals surface area contributed by atoms with Crippen molar-refractivity contribution in [2.45, 2.75) is 26.9 Å². The van der Waals surface area contributed by atoms with Gasteiger partial charge in [0.15, 0.2) is 0 Å². The molecule has 20 heavy (non-hydrogen) atoms. The monoisotopic (exact) mass is 273 g/mol. The number of aliphatic hydroxyl groups is 1. The van der Waals surface area contributed by atoms with E-state index in [1.165, 1.54) is 0 Å². The molecule has 2 N–H and O–H groups in total. The second-order valence-corrected chi connectivity index (χ2v) is 4.85. The fourth-order valence-corrected chi connectivity index (χ4v) is 2.20. The van der Waals surface area contributed by atoms with Crippen molar-refractivity contribution in [3.63, 3.8) is 0 Å². The zero-order valence-electron chi connectivity index (χ0n) is 11.9. The summed E-state index contributed by atoms with van der Waals surface area (Å²) >= 11 is 0. The topological polar surface area (TPSA) is 62.5 Å². The third-order valence-corrected chi connectivity index (χ3v) is 3.43. The molecule has 1 unspecified atom stereocenters. The van der Waals surface area contributed by atoms with Crippen LogP contribution in [-0.2, 0) is 0 Å². The summed E-state index contributed by atoms with van der Waals surface area (Å²) in [5.74, 6) is 1.13. The fraction of sp³-hybridized carbons (Fsp3) is 0.312. The van der Waals surface area contributed by atoms with Gasteiger partial charge in [-0.25, -0.2) is 0 Å². The number of nitrogens with one attached hydrogen (secondary N) is 1. The molecule has 4 heteroatoms. The molecule has 1 atom stereocenters.